The topological polar surface area (TPSA) is 39.3 Å². The molecule has 0 spiro atoms. The highest BCUT2D eigenvalue weighted by Gasteiger charge is 2.25. The molecule has 0 bridgehead atoms. The monoisotopic (exact) mass is 327 g/mol. The summed E-state index contributed by atoms with van der Waals surface area (Å²) in [7, 11) is 4.32. The van der Waals surface area contributed by atoms with Crippen LogP contribution in [0.3, 0.4) is 0 Å². The smallest absolute Gasteiger partial charge is 0.252 e. The lowest BCUT2D eigenvalue weighted by molar-refractivity contribution is 0.121. The molecule has 1 aromatic heterocycles. The van der Waals surface area contributed by atoms with E-state index in [1.165, 1.54) is 18.4 Å². The van der Waals surface area contributed by atoms with Gasteiger partial charge in [0.2, 0.25) is 0 Å². The van der Waals surface area contributed by atoms with Crippen LogP contribution in [0.5, 0.6) is 0 Å². The van der Waals surface area contributed by atoms with Crippen LogP contribution >= 0.6 is 0 Å². The summed E-state index contributed by atoms with van der Waals surface area (Å²) in [5.74, 6) is 0.758. The van der Waals surface area contributed by atoms with Gasteiger partial charge in [-0.05, 0) is 83.4 Å². The molecule has 1 fully saturated rings. The number of likely N-dealkylation sites (tertiary alicyclic amines) is 1. The van der Waals surface area contributed by atoms with E-state index in [0.29, 0.717) is 6.04 Å². The van der Waals surface area contributed by atoms with E-state index in [9.17, 15) is 4.79 Å². The third-order valence-electron chi connectivity index (χ3n) is 5.60. The van der Waals surface area contributed by atoms with Gasteiger partial charge >= 0.3 is 0 Å². The van der Waals surface area contributed by atoms with Gasteiger partial charge in [-0.3, -0.25) is 9.69 Å². The first-order valence-corrected chi connectivity index (χ1v) is 8.95. The largest absolute Gasteiger partial charge is 0.322 e. The highest BCUT2D eigenvalue weighted by atomic mass is 16.1. The van der Waals surface area contributed by atoms with Gasteiger partial charge in [0.1, 0.15) is 0 Å². The van der Waals surface area contributed by atoms with Gasteiger partial charge in [0.25, 0.3) is 5.56 Å². The molecule has 2 heterocycles. The van der Waals surface area contributed by atoms with Gasteiger partial charge in [-0.25, -0.2) is 0 Å². The minimum Gasteiger partial charge on any atom is -0.322 e. The fourth-order valence-corrected chi connectivity index (χ4v) is 3.74. The number of nitrogens with one attached hydrogen (secondary N) is 1. The summed E-state index contributed by atoms with van der Waals surface area (Å²) in [6, 6.07) is 8.85. The molecule has 0 unspecified atom stereocenters. The lowest BCUT2D eigenvalue weighted by Crippen LogP contribution is -2.41. The molecular formula is C20H29N3O. The number of benzene rings is 1. The summed E-state index contributed by atoms with van der Waals surface area (Å²) in [4.78, 5) is 20.1. The number of hydrogen-bond acceptors (Lipinski definition) is 3. The Morgan fingerprint density at radius 1 is 1.25 bits per heavy atom. The van der Waals surface area contributed by atoms with Crippen LogP contribution in [-0.4, -0.2) is 48.0 Å². The molecule has 4 nitrogen and oxygen atoms in total. The Morgan fingerprint density at radius 3 is 2.62 bits per heavy atom. The zero-order chi connectivity index (χ0) is 17.3. The molecule has 1 aliphatic heterocycles. The van der Waals surface area contributed by atoms with E-state index < -0.39 is 0 Å². The molecule has 3 rings (SSSR count). The van der Waals surface area contributed by atoms with Crippen molar-refractivity contribution < 1.29 is 0 Å². The van der Waals surface area contributed by atoms with Gasteiger partial charge < -0.3 is 9.88 Å². The molecule has 2 aromatic rings. The number of piperidine rings is 1. The Kier molecular flexibility index (Phi) is 5.07. The van der Waals surface area contributed by atoms with E-state index in [0.717, 1.165) is 42.0 Å². The maximum Gasteiger partial charge on any atom is 0.252 e. The quantitative estimate of drug-likeness (QED) is 0.938. The fourth-order valence-electron chi connectivity index (χ4n) is 3.74. The molecule has 4 heteroatoms. The second kappa shape index (κ2) is 7.08. The molecule has 0 amide bonds. The number of aromatic amines is 1. The average Bonchev–Trinajstić information content (AvgIpc) is 2.56. The van der Waals surface area contributed by atoms with Crippen molar-refractivity contribution in [2.45, 2.75) is 39.3 Å². The zero-order valence-corrected chi connectivity index (χ0v) is 15.3. The number of hydrogen-bond donors (Lipinski definition) is 1. The van der Waals surface area contributed by atoms with Crippen LogP contribution in [0, 0.1) is 12.8 Å². The molecule has 130 valence electrons. The molecule has 0 saturated carbocycles. The highest BCUT2D eigenvalue weighted by molar-refractivity contribution is 5.79. The zero-order valence-electron chi connectivity index (χ0n) is 15.3. The van der Waals surface area contributed by atoms with Gasteiger partial charge in [-0.15, -0.1) is 0 Å². The Balaban J connectivity index is 1.70. The van der Waals surface area contributed by atoms with E-state index in [1.807, 2.05) is 12.1 Å². The van der Waals surface area contributed by atoms with Gasteiger partial charge in [-0.1, -0.05) is 11.6 Å². The first-order chi connectivity index (χ1) is 11.4. The van der Waals surface area contributed by atoms with Crippen LogP contribution in [0.1, 0.15) is 30.9 Å². The molecule has 1 N–H and O–H groups in total. The Hall–Kier alpha value is -1.65. The first-order valence-electron chi connectivity index (χ1n) is 8.95. The molecule has 0 aliphatic carbocycles. The average molecular weight is 327 g/mol. The summed E-state index contributed by atoms with van der Waals surface area (Å²) in [5.41, 5.74) is 3.08. The normalized spacial score (nSPS) is 18.4. The standard InChI is InChI=1S/C20H29N3O/c1-14-5-6-19-17(11-14)12-18(20(24)21-19)13-23-9-7-16(8-10-23)15(2)22(3)4/h5-6,11-12,15-16H,7-10,13H2,1-4H3,(H,21,24)/t15-/m0/s1. The third-order valence-corrected chi connectivity index (χ3v) is 5.60. The fraction of sp³-hybridized carbons (Fsp3) is 0.550. The molecule has 1 atom stereocenters. The van der Waals surface area contributed by atoms with E-state index in [4.69, 9.17) is 0 Å². The predicted molar refractivity (Wildman–Crippen MR) is 100 cm³/mol. The Morgan fingerprint density at radius 2 is 1.96 bits per heavy atom. The lowest BCUT2D eigenvalue weighted by Gasteiger charge is -2.37. The number of H-pyrrole nitrogens is 1. The molecular weight excluding hydrogens is 298 g/mol. The van der Waals surface area contributed by atoms with Crippen molar-refractivity contribution in [1.82, 2.24) is 14.8 Å². The maximum absolute atomic E-state index is 12.4. The molecule has 1 aliphatic rings. The van der Waals surface area contributed by atoms with Crippen LogP contribution in [-0.2, 0) is 6.54 Å². The minimum atomic E-state index is 0.0511. The van der Waals surface area contributed by atoms with Gasteiger partial charge in [0.05, 0.1) is 0 Å². The summed E-state index contributed by atoms with van der Waals surface area (Å²) < 4.78 is 0. The van der Waals surface area contributed by atoms with Crippen molar-refractivity contribution in [2.24, 2.45) is 5.92 Å². The number of fused-ring (bicyclic) bond motifs is 1. The molecule has 24 heavy (non-hydrogen) atoms. The SMILES string of the molecule is Cc1ccc2[nH]c(=O)c(CN3CCC([C@H](C)N(C)C)CC3)cc2c1. The number of nitrogens with zero attached hydrogens (tertiary/aromatic N) is 2. The van der Waals surface area contributed by atoms with Crippen LogP contribution in [0.15, 0.2) is 29.1 Å². The van der Waals surface area contributed by atoms with E-state index in [-0.39, 0.29) is 5.56 Å². The first kappa shape index (κ1) is 17.2. The highest BCUT2D eigenvalue weighted by Crippen LogP contribution is 2.24. The number of rotatable bonds is 4. The predicted octanol–water partition coefficient (Wildman–Crippen LogP) is 3.00. The lowest BCUT2D eigenvalue weighted by atomic mass is 9.89. The van der Waals surface area contributed by atoms with Crippen LogP contribution in [0.4, 0.5) is 0 Å². The van der Waals surface area contributed by atoms with Crippen molar-refractivity contribution in [3.63, 3.8) is 0 Å². The summed E-state index contributed by atoms with van der Waals surface area (Å²) in [6.45, 7) is 7.31. The van der Waals surface area contributed by atoms with E-state index in [2.05, 4.69) is 54.9 Å². The second-order valence-corrected chi connectivity index (χ2v) is 7.53. The minimum absolute atomic E-state index is 0.0511. The maximum atomic E-state index is 12.4. The van der Waals surface area contributed by atoms with Gasteiger partial charge in [0.15, 0.2) is 0 Å². The van der Waals surface area contributed by atoms with Crippen molar-refractivity contribution in [2.75, 3.05) is 27.2 Å². The summed E-state index contributed by atoms with van der Waals surface area (Å²) in [5, 5.41) is 1.13. The van der Waals surface area contributed by atoms with Gasteiger partial charge in [0, 0.05) is 23.7 Å². The van der Waals surface area contributed by atoms with E-state index >= 15 is 0 Å². The number of aryl methyl sites for hydroxylation is 1. The van der Waals surface area contributed by atoms with Crippen LogP contribution in [0.25, 0.3) is 10.9 Å². The van der Waals surface area contributed by atoms with Crippen LogP contribution in [0.2, 0.25) is 0 Å². The molecule has 1 saturated heterocycles. The second-order valence-electron chi connectivity index (χ2n) is 7.53. The summed E-state index contributed by atoms with van der Waals surface area (Å²) in [6.07, 6.45) is 2.42. The Bertz CT molecular complexity index is 757. The van der Waals surface area contributed by atoms with Crippen molar-refractivity contribution in [3.05, 3.63) is 45.7 Å². The number of aromatic nitrogens is 1. The van der Waals surface area contributed by atoms with Crippen molar-refractivity contribution in [1.29, 1.82) is 0 Å². The number of pyridine rings is 1. The van der Waals surface area contributed by atoms with E-state index in [1.54, 1.807) is 0 Å². The van der Waals surface area contributed by atoms with Gasteiger partial charge in [-0.2, -0.15) is 0 Å². The van der Waals surface area contributed by atoms with Crippen molar-refractivity contribution in [3.8, 4) is 0 Å². The van der Waals surface area contributed by atoms with Crippen LogP contribution < -0.4 is 5.56 Å². The molecule has 1 aromatic carbocycles. The summed E-state index contributed by atoms with van der Waals surface area (Å²) >= 11 is 0. The third kappa shape index (κ3) is 3.70. The Labute approximate surface area is 144 Å². The van der Waals surface area contributed by atoms with Crippen molar-refractivity contribution >= 4 is 10.9 Å². The molecule has 0 radical (unpaired) electrons.